The minimum Gasteiger partial charge on any atom is -0.319 e. The molecule has 0 aliphatic heterocycles. The number of nitro groups is 1. The highest BCUT2D eigenvalue weighted by Crippen LogP contribution is 2.24. The smallest absolute Gasteiger partial charge is 0.271 e. The Labute approximate surface area is 125 Å². The van der Waals surface area contributed by atoms with Gasteiger partial charge >= 0.3 is 0 Å². The molecule has 108 valence electrons. The molecule has 2 aromatic carbocycles. The first kappa shape index (κ1) is 15.0. The molecule has 8 heteroatoms. The molecule has 0 atom stereocenters. The predicted molar refractivity (Wildman–Crippen MR) is 75.1 cm³/mol. The van der Waals surface area contributed by atoms with Crippen molar-refractivity contribution in [2.24, 2.45) is 0 Å². The molecule has 1 N–H and O–H groups in total. The molecule has 2 rings (SSSR count). The van der Waals surface area contributed by atoms with Crippen LogP contribution in [0.1, 0.15) is 10.4 Å². The molecule has 0 unspecified atom stereocenters. The number of hydrogen-bond acceptors (Lipinski definition) is 3. The van der Waals surface area contributed by atoms with Gasteiger partial charge in [-0.2, -0.15) is 0 Å². The summed E-state index contributed by atoms with van der Waals surface area (Å²) in [7, 11) is 0. The third-order valence-electron chi connectivity index (χ3n) is 2.61. The maximum absolute atomic E-state index is 13.6. The fraction of sp³-hybridized carbons (Fsp3) is 0. The van der Waals surface area contributed by atoms with Crippen LogP contribution in [0.3, 0.4) is 0 Å². The Morgan fingerprint density at radius 3 is 2.57 bits per heavy atom. The number of hydrogen-bond donors (Lipinski definition) is 1. The van der Waals surface area contributed by atoms with E-state index in [1.165, 1.54) is 12.1 Å². The Balaban J connectivity index is 2.33. The number of nitrogens with one attached hydrogen (secondary N) is 1. The van der Waals surface area contributed by atoms with Gasteiger partial charge in [0, 0.05) is 12.1 Å². The zero-order valence-electron chi connectivity index (χ0n) is 10.3. The summed E-state index contributed by atoms with van der Waals surface area (Å²) in [5.41, 5.74) is -0.781. The lowest BCUT2D eigenvalue weighted by molar-refractivity contribution is -0.384. The lowest BCUT2D eigenvalue weighted by Crippen LogP contribution is -2.14. The fourth-order valence-corrected chi connectivity index (χ4v) is 2.04. The van der Waals surface area contributed by atoms with E-state index in [1.807, 2.05) is 0 Å². The second-order valence-electron chi connectivity index (χ2n) is 3.98. The van der Waals surface area contributed by atoms with Crippen molar-refractivity contribution in [2.45, 2.75) is 0 Å². The molecule has 0 bridgehead atoms. The number of carbonyl (C=O) groups excluding carboxylic acids is 1. The lowest BCUT2D eigenvalue weighted by atomic mass is 10.2. The van der Waals surface area contributed by atoms with E-state index in [9.17, 15) is 23.7 Å². The highest BCUT2D eigenvalue weighted by Gasteiger charge is 2.17. The van der Waals surface area contributed by atoms with Gasteiger partial charge in [0.2, 0.25) is 0 Å². The molecule has 2 aromatic rings. The summed E-state index contributed by atoms with van der Waals surface area (Å²) in [6, 6.07) is 6.53. The Hall–Kier alpha value is -2.35. The number of rotatable bonds is 3. The molecular formula is C13H7BrF2N2O3. The van der Waals surface area contributed by atoms with Gasteiger partial charge in [0.1, 0.15) is 11.6 Å². The lowest BCUT2D eigenvalue weighted by Gasteiger charge is -2.08. The average molecular weight is 357 g/mol. The number of nitro benzene ring substituents is 1. The minimum atomic E-state index is -0.832. The van der Waals surface area contributed by atoms with Gasteiger partial charge in [-0.25, -0.2) is 8.78 Å². The van der Waals surface area contributed by atoms with E-state index >= 15 is 0 Å². The highest BCUT2D eigenvalue weighted by molar-refractivity contribution is 9.10. The molecule has 0 fully saturated rings. The van der Waals surface area contributed by atoms with Crippen LogP contribution >= 0.6 is 15.9 Å². The van der Waals surface area contributed by atoms with Gasteiger partial charge < -0.3 is 5.32 Å². The number of halogens is 3. The van der Waals surface area contributed by atoms with Gasteiger partial charge in [-0.3, -0.25) is 14.9 Å². The van der Waals surface area contributed by atoms with Crippen molar-refractivity contribution < 1.29 is 18.5 Å². The normalized spacial score (nSPS) is 10.2. The molecule has 5 nitrogen and oxygen atoms in total. The summed E-state index contributed by atoms with van der Waals surface area (Å²) < 4.78 is 26.8. The van der Waals surface area contributed by atoms with E-state index in [1.54, 1.807) is 0 Å². The van der Waals surface area contributed by atoms with Crippen molar-refractivity contribution in [3.05, 3.63) is 68.2 Å². The largest absolute Gasteiger partial charge is 0.319 e. The summed E-state index contributed by atoms with van der Waals surface area (Å²) in [5, 5.41) is 12.8. The number of anilines is 1. The summed E-state index contributed by atoms with van der Waals surface area (Å²) in [5.74, 6) is -2.27. The first-order valence-corrected chi connectivity index (χ1v) is 6.38. The van der Waals surface area contributed by atoms with E-state index in [4.69, 9.17) is 0 Å². The van der Waals surface area contributed by atoms with E-state index in [0.29, 0.717) is 0 Å². The average Bonchev–Trinajstić information content (AvgIpc) is 2.43. The summed E-state index contributed by atoms with van der Waals surface area (Å²) in [6.45, 7) is 0. The SMILES string of the molecule is O=C(Nc1cc([N+](=O)[O-])ccc1F)c1cccc(F)c1Br. The molecule has 0 saturated carbocycles. The molecule has 0 spiro atoms. The second-order valence-corrected chi connectivity index (χ2v) is 4.77. The monoisotopic (exact) mass is 356 g/mol. The minimum absolute atomic E-state index is 0.0547. The number of non-ortho nitro benzene ring substituents is 1. The van der Waals surface area contributed by atoms with Gasteiger partial charge in [0.05, 0.1) is 20.6 Å². The van der Waals surface area contributed by atoms with Crippen LogP contribution in [0.4, 0.5) is 20.2 Å². The predicted octanol–water partition coefficient (Wildman–Crippen LogP) is 3.89. The Morgan fingerprint density at radius 2 is 1.90 bits per heavy atom. The number of benzene rings is 2. The van der Waals surface area contributed by atoms with Crippen LogP contribution in [-0.2, 0) is 0 Å². The van der Waals surface area contributed by atoms with Crippen molar-refractivity contribution in [1.82, 2.24) is 0 Å². The van der Waals surface area contributed by atoms with Gasteiger partial charge in [0.25, 0.3) is 11.6 Å². The molecule has 0 aromatic heterocycles. The molecule has 1 amide bonds. The van der Waals surface area contributed by atoms with Crippen LogP contribution in [0.2, 0.25) is 0 Å². The van der Waals surface area contributed by atoms with E-state index in [-0.39, 0.29) is 21.4 Å². The number of amides is 1. The Bertz CT molecular complexity index is 737. The molecule has 0 aliphatic rings. The second kappa shape index (κ2) is 5.96. The summed E-state index contributed by atoms with van der Waals surface area (Å²) in [6.07, 6.45) is 0. The van der Waals surface area contributed by atoms with Crippen molar-refractivity contribution in [1.29, 1.82) is 0 Å². The topological polar surface area (TPSA) is 72.2 Å². The van der Waals surface area contributed by atoms with Crippen molar-refractivity contribution in [3.8, 4) is 0 Å². The quantitative estimate of drug-likeness (QED) is 0.669. The maximum atomic E-state index is 13.6. The van der Waals surface area contributed by atoms with Crippen LogP contribution in [-0.4, -0.2) is 10.8 Å². The molecule has 0 saturated heterocycles. The number of nitrogens with zero attached hydrogens (tertiary/aromatic N) is 1. The van der Waals surface area contributed by atoms with Crippen molar-refractivity contribution in [2.75, 3.05) is 5.32 Å². The Kier molecular flexibility index (Phi) is 4.27. The summed E-state index contributed by atoms with van der Waals surface area (Å²) >= 11 is 2.91. The first-order chi connectivity index (χ1) is 9.90. The molecular weight excluding hydrogens is 350 g/mol. The van der Waals surface area contributed by atoms with Crippen LogP contribution in [0.5, 0.6) is 0 Å². The standard InChI is InChI=1S/C13H7BrF2N2O3/c14-12-8(2-1-3-10(12)16)13(19)17-11-6-7(18(20)21)4-5-9(11)15/h1-6H,(H,17,19). The molecule has 0 heterocycles. The molecule has 0 radical (unpaired) electrons. The van der Waals surface area contributed by atoms with Crippen molar-refractivity contribution in [3.63, 3.8) is 0 Å². The van der Waals surface area contributed by atoms with Gasteiger partial charge in [-0.05, 0) is 34.1 Å². The highest BCUT2D eigenvalue weighted by atomic mass is 79.9. The van der Waals surface area contributed by atoms with Crippen LogP contribution in [0, 0.1) is 21.7 Å². The van der Waals surface area contributed by atoms with Gasteiger partial charge in [-0.15, -0.1) is 0 Å². The van der Waals surface area contributed by atoms with Crippen LogP contribution in [0.15, 0.2) is 40.9 Å². The van der Waals surface area contributed by atoms with E-state index in [2.05, 4.69) is 21.2 Å². The maximum Gasteiger partial charge on any atom is 0.271 e. The zero-order valence-corrected chi connectivity index (χ0v) is 11.9. The molecule has 0 aliphatic carbocycles. The first-order valence-electron chi connectivity index (χ1n) is 5.59. The van der Waals surface area contributed by atoms with Crippen molar-refractivity contribution >= 4 is 33.2 Å². The van der Waals surface area contributed by atoms with E-state index in [0.717, 1.165) is 24.3 Å². The Morgan fingerprint density at radius 1 is 1.19 bits per heavy atom. The summed E-state index contributed by atoms with van der Waals surface area (Å²) in [4.78, 5) is 21.9. The fourth-order valence-electron chi connectivity index (χ4n) is 1.59. The number of carbonyl (C=O) groups is 1. The van der Waals surface area contributed by atoms with Gasteiger partial charge in [-0.1, -0.05) is 6.07 Å². The van der Waals surface area contributed by atoms with E-state index < -0.39 is 22.5 Å². The van der Waals surface area contributed by atoms with Gasteiger partial charge in [0.15, 0.2) is 0 Å². The van der Waals surface area contributed by atoms with Crippen LogP contribution in [0.25, 0.3) is 0 Å². The molecule has 21 heavy (non-hydrogen) atoms. The zero-order chi connectivity index (χ0) is 15.6. The third kappa shape index (κ3) is 3.22. The van der Waals surface area contributed by atoms with Crippen LogP contribution < -0.4 is 5.32 Å². The third-order valence-corrected chi connectivity index (χ3v) is 3.41.